The van der Waals surface area contributed by atoms with E-state index < -0.39 is 0 Å². The number of carbonyl (C=O) groups is 1. The summed E-state index contributed by atoms with van der Waals surface area (Å²) in [6, 6.07) is 10.1. The molecule has 1 saturated heterocycles. The van der Waals surface area contributed by atoms with Crippen molar-refractivity contribution in [2.24, 2.45) is 0 Å². The molecule has 28 heavy (non-hydrogen) atoms. The maximum absolute atomic E-state index is 12.4. The minimum atomic E-state index is 0.0612. The normalized spacial score (nSPS) is 15.2. The van der Waals surface area contributed by atoms with E-state index in [2.05, 4.69) is 53.7 Å². The Balaban J connectivity index is 1.39. The van der Waals surface area contributed by atoms with Crippen molar-refractivity contribution in [2.45, 2.75) is 40.2 Å². The highest BCUT2D eigenvalue weighted by Crippen LogP contribution is 2.18. The van der Waals surface area contributed by atoms with Crippen LogP contribution in [0.2, 0.25) is 0 Å². The molecule has 1 amide bonds. The molecule has 1 aliphatic heterocycles. The lowest BCUT2D eigenvalue weighted by atomic mass is 10.0. The van der Waals surface area contributed by atoms with E-state index in [-0.39, 0.29) is 12.5 Å². The van der Waals surface area contributed by atoms with Crippen molar-refractivity contribution in [3.8, 4) is 5.75 Å². The van der Waals surface area contributed by atoms with Crippen LogP contribution in [0.3, 0.4) is 0 Å². The highest BCUT2D eigenvalue weighted by Gasteiger charge is 2.21. The van der Waals surface area contributed by atoms with Crippen molar-refractivity contribution in [3.05, 3.63) is 47.3 Å². The monoisotopic (exact) mass is 384 g/mol. The smallest absolute Gasteiger partial charge is 0.260 e. The molecule has 0 aliphatic carbocycles. The number of carbonyl (C=O) groups excluding carboxylic acids is 1. The molecule has 1 fully saturated rings. The number of hydrogen-bond donors (Lipinski definition) is 0. The van der Waals surface area contributed by atoms with Crippen LogP contribution in [0.15, 0.2) is 30.3 Å². The van der Waals surface area contributed by atoms with Gasteiger partial charge in [0, 0.05) is 38.4 Å². The van der Waals surface area contributed by atoms with E-state index in [0.717, 1.165) is 50.7 Å². The molecule has 6 nitrogen and oxygen atoms in total. The highest BCUT2D eigenvalue weighted by atomic mass is 16.5. The Morgan fingerprint density at radius 3 is 2.32 bits per heavy atom. The number of ether oxygens (including phenoxy) is 1. The Bertz CT molecular complexity index is 774. The number of hydrogen-bond acceptors (Lipinski definition) is 4. The second-order valence-electron chi connectivity index (χ2n) is 7.89. The summed E-state index contributed by atoms with van der Waals surface area (Å²) in [5.74, 6) is 1.31. The van der Waals surface area contributed by atoms with Crippen LogP contribution in [0.1, 0.15) is 36.7 Å². The SMILES string of the molecule is Cc1cc(C)n(CCN2CCN(C(=O)COc3ccc(C(C)C)cc3)CC2)n1. The van der Waals surface area contributed by atoms with Gasteiger partial charge >= 0.3 is 0 Å². The second kappa shape index (κ2) is 9.24. The summed E-state index contributed by atoms with van der Waals surface area (Å²) in [5, 5.41) is 4.51. The molecule has 3 rings (SSSR count). The van der Waals surface area contributed by atoms with Crippen molar-refractivity contribution < 1.29 is 9.53 Å². The molecule has 0 atom stereocenters. The summed E-state index contributed by atoms with van der Waals surface area (Å²) in [4.78, 5) is 16.7. The lowest BCUT2D eigenvalue weighted by Crippen LogP contribution is -2.50. The molecule has 0 unspecified atom stereocenters. The summed E-state index contributed by atoms with van der Waals surface area (Å²) in [7, 11) is 0. The molecule has 2 heterocycles. The fourth-order valence-corrected chi connectivity index (χ4v) is 3.54. The third-order valence-electron chi connectivity index (χ3n) is 5.37. The zero-order valence-electron chi connectivity index (χ0n) is 17.5. The van der Waals surface area contributed by atoms with Gasteiger partial charge in [0.25, 0.3) is 5.91 Å². The second-order valence-corrected chi connectivity index (χ2v) is 7.89. The minimum absolute atomic E-state index is 0.0612. The van der Waals surface area contributed by atoms with Gasteiger partial charge in [-0.2, -0.15) is 5.10 Å². The summed E-state index contributed by atoms with van der Waals surface area (Å²) in [6.07, 6.45) is 0. The third kappa shape index (κ3) is 5.35. The van der Waals surface area contributed by atoms with Crippen molar-refractivity contribution >= 4 is 5.91 Å². The van der Waals surface area contributed by atoms with Gasteiger partial charge in [-0.15, -0.1) is 0 Å². The van der Waals surface area contributed by atoms with Gasteiger partial charge < -0.3 is 9.64 Å². The predicted octanol–water partition coefficient (Wildman–Crippen LogP) is 2.85. The molecule has 0 N–H and O–H groups in total. The fourth-order valence-electron chi connectivity index (χ4n) is 3.54. The van der Waals surface area contributed by atoms with Crippen LogP contribution in [-0.4, -0.2) is 64.8 Å². The quantitative estimate of drug-likeness (QED) is 0.737. The minimum Gasteiger partial charge on any atom is -0.484 e. The van der Waals surface area contributed by atoms with Crippen LogP contribution in [-0.2, 0) is 11.3 Å². The van der Waals surface area contributed by atoms with Crippen LogP contribution in [0.4, 0.5) is 0 Å². The Morgan fingerprint density at radius 2 is 1.75 bits per heavy atom. The summed E-state index contributed by atoms with van der Waals surface area (Å²) in [6.45, 7) is 13.7. The maximum Gasteiger partial charge on any atom is 0.260 e. The van der Waals surface area contributed by atoms with E-state index in [4.69, 9.17) is 4.74 Å². The van der Waals surface area contributed by atoms with Gasteiger partial charge in [-0.05, 0) is 43.5 Å². The molecule has 2 aromatic rings. The fraction of sp³-hybridized carbons (Fsp3) is 0.545. The van der Waals surface area contributed by atoms with Gasteiger partial charge in [-0.3, -0.25) is 14.4 Å². The van der Waals surface area contributed by atoms with E-state index in [9.17, 15) is 4.79 Å². The Kier molecular flexibility index (Phi) is 6.73. The molecule has 0 radical (unpaired) electrons. The number of amides is 1. The zero-order valence-corrected chi connectivity index (χ0v) is 17.5. The molecule has 152 valence electrons. The highest BCUT2D eigenvalue weighted by molar-refractivity contribution is 5.77. The third-order valence-corrected chi connectivity index (χ3v) is 5.37. The van der Waals surface area contributed by atoms with Crippen LogP contribution in [0.5, 0.6) is 5.75 Å². The van der Waals surface area contributed by atoms with Gasteiger partial charge in [-0.1, -0.05) is 26.0 Å². The Morgan fingerprint density at radius 1 is 1.07 bits per heavy atom. The summed E-state index contributed by atoms with van der Waals surface area (Å²) >= 11 is 0. The van der Waals surface area contributed by atoms with Crippen LogP contribution >= 0.6 is 0 Å². The number of aryl methyl sites for hydroxylation is 2. The molecule has 6 heteroatoms. The lowest BCUT2D eigenvalue weighted by Gasteiger charge is -2.34. The molecule has 0 spiro atoms. The summed E-state index contributed by atoms with van der Waals surface area (Å²) in [5.41, 5.74) is 3.53. The topological polar surface area (TPSA) is 50.6 Å². The van der Waals surface area contributed by atoms with Crippen molar-refractivity contribution in [3.63, 3.8) is 0 Å². The zero-order chi connectivity index (χ0) is 20.1. The van der Waals surface area contributed by atoms with E-state index in [1.54, 1.807) is 0 Å². The van der Waals surface area contributed by atoms with Gasteiger partial charge in [0.15, 0.2) is 6.61 Å². The van der Waals surface area contributed by atoms with Crippen molar-refractivity contribution in [1.29, 1.82) is 0 Å². The molecular weight excluding hydrogens is 352 g/mol. The van der Waals surface area contributed by atoms with E-state index in [1.807, 2.05) is 24.0 Å². The predicted molar refractivity (Wildman–Crippen MR) is 111 cm³/mol. The average molecular weight is 385 g/mol. The van der Waals surface area contributed by atoms with Gasteiger partial charge in [-0.25, -0.2) is 0 Å². The van der Waals surface area contributed by atoms with Crippen LogP contribution in [0.25, 0.3) is 0 Å². The molecule has 1 aromatic carbocycles. The Labute approximate surface area is 168 Å². The lowest BCUT2D eigenvalue weighted by molar-refractivity contribution is -0.135. The van der Waals surface area contributed by atoms with Crippen molar-refractivity contribution in [1.82, 2.24) is 19.6 Å². The number of benzene rings is 1. The van der Waals surface area contributed by atoms with Crippen LogP contribution in [0, 0.1) is 13.8 Å². The van der Waals surface area contributed by atoms with Gasteiger partial charge in [0.2, 0.25) is 0 Å². The van der Waals surface area contributed by atoms with E-state index in [1.165, 1.54) is 11.3 Å². The molecule has 1 aromatic heterocycles. The molecule has 1 aliphatic rings. The van der Waals surface area contributed by atoms with Crippen LogP contribution < -0.4 is 4.74 Å². The average Bonchev–Trinajstić information content (AvgIpc) is 3.02. The first-order chi connectivity index (χ1) is 13.4. The molecular formula is C22H32N4O2. The molecule has 0 saturated carbocycles. The standard InChI is InChI=1S/C22H32N4O2/c1-17(2)20-5-7-21(8-6-20)28-16-22(27)25-12-9-24(10-13-25)11-14-26-19(4)15-18(3)23-26/h5-8,15,17H,9-14,16H2,1-4H3. The van der Waals surface area contributed by atoms with E-state index >= 15 is 0 Å². The van der Waals surface area contributed by atoms with E-state index in [0.29, 0.717) is 5.92 Å². The summed E-state index contributed by atoms with van der Waals surface area (Å²) < 4.78 is 7.75. The maximum atomic E-state index is 12.4. The number of nitrogens with zero attached hydrogens (tertiary/aromatic N) is 4. The first-order valence-corrected chi connectivity index (χ1v) is 10.2. The first-order valence-electron chi connectivity index (χ1n) is 10.2. The van der Waals surface area contributed by atoms with Gasteiger partial charge in [0.05, 0.1) is 12.2 Å². The first kappa shape index (κ1) is 20.4. The molecule has 0 bridgehead atoms. The Hall–Kier alpha value is -2.34. The number of rotatable bonds is 7. The number of aromatic nitrogens is 2. The largest absolute Gasteiger partial charge is 0.484 e. The number of piperazine rings is 1. The van der Waals surface area contributed by atoms with Gasteiger partial charge in [0.1, 0.15) is 5.75 Å². The van der Waals surface area contributed by atoms with Crippen molar-refractivity contribution in [2.75, 3.05) is 39.3 Å².